The monoisotopic (exact) mass is 292 g/mol. The third-order valence-electron chi connectivity index (χ3n) is 3.96. The topological polar surface area (TPSA) is 47.7 Å². The highest BCUT2D eigenvalue weighted by Crippen LogP contribution is 2.35. The van der Waals surface area contributed by atoms with Gasteiger partial charge in [-0.2, -0.15) is 0 Å². The van der Waals surface area contributed by atoms with Crippen molar-refractivity contribution < 1.29 is 9.47 Å². The van der Waals surface area contributed by atoms with Gasteiger partial charge in [-0.15, -0.1) is 0 Å². The summed E-state index contributed by atoms with van der Waals surface area (Å²) in [5.74, 6) is 1.59. The molecule has 1 heterocycles. The normalized spacial score (nSPS) is 14.0. The lowest BCUT2D eigenvalue weighted by Gasteiger charge is -2.28. The third-order valence-corrected chi connectivity index (χ3v) is 3.96. The van der Waals surface area contributed by atoms with Crippen molar-refractivity contribution >= 4 is 5.69 Å². The number of benzene rings is 1. The van der Waals surface area contributed by atoms with E-state index in [1.54, 1.807) is 0 Å². The summed E-state index contributed by atoms with van der Waals surface area (Å²) in [4.78, 5) is 2.47. The fourth-order valence-electron chi connectivity index (χ4n) is 2.59. The Morgan fingerprint density at radius 2 is 1.81 bits per heavy atom. The van der Waals surface area contributed by atoms with Gasteiger partial charge < -0.3 is 15.2 Å². The van der Waals surface area contributed by atoms with Crippen molar-refractivity contribution in [3.8, 4) is 11.5 Å². The van der Waals surface area contributed by atoms with Crippen molar-refractivity contribution in [2.45, 2.75) is 52.6 Å². The van der Waals surface area contributed by atoms with Gasteiger partial charge in [0.1, 0.15) is 13.2 Å². The molecular weight excluding hydrogens is 264 g/mol. The molecule has 21 heavy (non-hydrogen) atoms. The number of nitrogens with zero attached hydrogens (tertiary/aromatic N) is 1. The fourth-order valence-corrected chi connectivity index (χ4v) is 2.59. The maximum Gasteiger partial charge on any atom is 0.163 e. The van der Waals surface area contributed by atoms with E-state index >= 15 is 0 Å². The molecule has 0 spiro atoms. The summed E-state index contributed by atoms with van der Waals surface area (Å²) < 4.78 is 11.2. The van der Waals surface area contributed by atoms with Crippen LogP contribution in [0.3, 0.4) is 0 Å². The second-order valence-corrected chi connectivity index (χ2v) is 5.97. The number of anilines is 1. The average molecular weight is 292 g/mol. The van der Waals surface area contributed by atoms with E-state index in [0.29, 0.717) is 19.3 Å². The molecule has 0 aromatic heterocycles. The second kappa shape index (κ2) is 7.55. The number of ether oxygens (including phenoxy) is 2. The molecule has 0 saturated heterocycles. The smallest absolute Gasteiger partial charge is 0.163 e. The van der Waals surface area contributed by atoms with Gasteiger partial charge in [-0.05, 0) is 38.4 Å². The van der Waals surface area contributed by atoms with E-state index in [0.717, 1.165) is 35.8 Å². The molecule has 4 heteroatoms. The highest BCUT2D eigenvalue weighted by molar-refractivity contribution is 5.58. The van der Waals surface area contributed by atoms with E-state index in [9.17, 15) is 0 Å². The molecule has 1 aliphatic rings. The van der Waals surface area contributed by atoms with Crippen molar-refractivity contribution in [1.29, 1.82) is 0 Å². The van der Waals surface area contributed by atoms with Crippen molar-refractivity contribution in [3.05, 3.63) is 17.7 Å². The second-order valence-electron chi connectivity index (χ2n) is 5.97. The quantitative estimate of drug-likeness (QED) is 0.618. The Balaban J connectivity index is 2.08. The lowest BCUT2D eigenvalue weighted by molar-refractivity contribution is 0.170. The van der Waals surface area contributed by atoms with Gasteiger partial charge in [0.05, 0.1) is 0 Å². The first-order chi connectivity index (χ1) is 10.1. The number of rotatable bonds is 7. The molecule has 2 rings (SSSR count). The van der Waals surface area contributed by atoms with Crippen LogP contribution in [0.15, 0.2) is 12.1 Å². The minimum absolute atomic E-state index is 0.509. The van der Waals surface area contributed by atoms with Gasteiger partial charge in [0.2, 0.25) is 0 Å². The van der Waals surface area contributed by atoms with Gasteiger partial charge >= 0.3 is 0 Å². The van der Waals surface area contributed by atoms with Crippen LogP contribution in [0.5, 0.6) is 11.5 Å². The van der Waals surface area contributed by atoms with Gasteiger partial charge in [-0.25, -0.2) is 0 Å². The average Bonchev–Trinajstić information content (AvgIpc) is 2.46. The van der Waals surface area contributed by atoms with Gasteiger partial charge in [-0.3, -0.25) is 4.90 Å². The van der Waals surface area contributed by atoms with Crippen molar-refractivity contribution in [3.63, 3.8) is 0 Å². The van der Waals surface area contributed by atoms with E-state index in [2.05, 4.69) is 25.7 Å². The molecular formula is C17H28N2O2. The molecule has 0 amide bonds. The third kappa shape index (κ3) is 4.27. The van der Waals surface area contributed by atoms with E-state index < -0.39 is 0 Å². The van der Waals surface area contributed by atoms with Crippen LogP contribution in [0.25, 0.3) is 0 Å². The Kier molecular flexibility index (Phi) is 5.74. The summed E-state index contributed by atoms with van der Waals surface area (Å²) in [5.41, 5.74) is 8.11. The molecule has 0 saturated carbocycles. The van der Waals surface area contributed by atoms with Crippen molar-refractivity contribution in [2.75, 3.05) is 25.5 Å². The van der Waals surface area contributed by atoms with Crippen LogP contribution in [0, 0.1) is 0 Å². The summed E-state index contributed by atoms with van der Waals surface area (Å²) >= 11 is 0. The van der Waals surface area contributed by atoms with Gasteiger partial charge in [0, 0.05) is 24.3 Å². The highest BCUT2D eigenvalue weighted by atomic mass is 16.6. The number of hydrogen-bond donors (Lipinski definition) is 1. The van der Waals surface area contributed by atoms with E-state index in [1.807, 2.05) is 12.1 Å². The van der Waals surface area contributed by atoms with Crippen molar-refractivity contribution in [1.82, 2.24) is 4.90 Å². The molecule has 0 aliphatic carbocycles. The van der Waals surface area contributed by atoms with Crippen LogP contribution in [-0.4, -0.2) is 30.7 Å². The first kappa shape index (κ1) is 16.0. The predicted molar refractivity (Wildman–Crippen MR) is 86.9 cm³/mol. The Labute approximate surface area is 128 Å². The number of unbranched alkanes of at least 4 members (excludes halogenated alkanes) is 2. The van der Waals surface area contributed by atoms with Gasteiger partial charge in [0.25, 0.3) is 0 Å². The first-order valence-electron chi connectivity index (χ1n) is 8.03. The van der Waals surface area contributed by atoms with Crippen LogP contribution in [0.2, 0.25) is 0 Å². The predicted octanol–water partition coefficient (Wildman–Crippen LogP) is 3.44. The zero-order chi connectivity index (χ0) is 15.2. The van der Waals surface area contributed by atoms with Gasteiger partial charge in [0.15, 0.2) is 11.5 Å². The number of fused-ring (bicyclic) bond motifs is 1. The van der Waals surface area contributed by atoms with E-state index in [-0.39, 0.29) is 0 Å². The molecule has 1 aromatic carbocycles. The Morgan fingerprint density at radius 1 is 1.14 bits per heavy atom. The summed E-state index contributed by atoms with van der Waals surface area (Å²) in [7, 11) is 0. The first-order valence-corrected chi connectivity index (χ1v) is 8.03. The fraction of sp³-hybridized carbons (Fsp3) is 0.647. The maximum absolute atomic E-state index is 6.19. The molecule has 2 N–H and O–H groups in total. The van der Waals surface area contributed by atoms with E-state index in [4.69, 9.17) is 15.2 Å². The molecule has 0 radical (unpaired) electrons. The molecule has 0 fully saturated rings. The largest absolute Gasteiger partial charge is 0.486 e. The molecule has 118 valence electrons. The highest BCUT2D eigenvalue weighted by Gasteiger charge is 2.17. The maximum atomic E-state index is 6.19. The zero-order valence-electron chi connectivity index (χ0n) is 13.5. The number of nitrogens with two attached hydrogens (primary N) is 1. The van der Waals surface area contributed by atoms with E-state index in [1.165, 1.54) is 19.3 Å². The molecule has 0 unspecified atom stereocenters. The summed E-state index contributed by atoms with van der Waals surface area (Å²) in [6.45, 7) is 9.89. The Morgan fingerprint density at radius 3 is 2.43 bits per heavy atom. The van der Waals surface area contributed by atoms with Crippen LogP contribution in [0.4, 0.5) is 5.69 Å². The Bertz CT molecular complexity index is 460. The molecule has 0 atom stereocenters. The SMILES string of the molecule is CCCCCN(Cc1cc2c(cc1N)OCCO2)C(C)C. The molecule has 4 nitrogen and oxygen atoms in total. The Hall–Kier alpha value is -1.42. The zero-order valence-corrected chi connectivity index (χ0v) is 13.5. The summed E-state index contributed by atoms with van der Waals surface area (Å²) in [5, 5.41) is 0. The standard InChI is InChI=1S/C17H28N2O2/c1-4-5-6-7-19(13(2)3)12-14-10-16-17(11-15(14)18)21-9-8-20-16/h10-11,13H,4-9,12,18H2,1-3H3. The lowest BCUT2D eigenvalue weighted by Crippen LogP contribution is -2.31. The van der Waals surface area contributed by atoms with Crippen LogP contribution in [0.1, 0.15) is 45.6 Å². The minimum atomic E-state index is 0.509. The molecule has 0 bridgehead atoms. The summed E-state index contributed by atoms with van der Waals surface area (Å²) in [6.07, 6.45) is 3.76. The lowest BCUT2D eigenvalue weighted by atomic mass is 10.1. The van der Waals surface area contributed by atoms with Crippen molar-refractivity contribution in [2.24, 2.45) is 0 Å². The number of nitrogen functional groups attached to an aromatic ring is 1. The molecule has 1 aliphatic heterocycles. The molecule has 1 aromatic rings. The van der Waals surface area contributed by atoms with Gasteiger partial charge in [-0.1, -0.05) is 19.8 Å². The number of hydrogen-bond acceptors (Lipinski definition) is 4. The minimum Gasteiger partial charge on any atom is -0.486 e. The summed E-state index contributed by atoms with van der Waals surface area (Å²) in [6, 6.07) is 4.45. The van der Waals surface area contributed by atoms with Crippen LogP contribution >= 0.6 is 0 Å². The van der Waals surface area contributed by atoms with Crippen LogP contribution in [-0.2, 0) is 6.54 Å². The van der Waals surface area contributed by atoms with Crippen LogP contribution < -0.4 is 15.2 Å².